The molecule has 0 N–H and O–H groups in total. The first kappa shape index (κ1) is 12.3. The Labute approximate surface area is 93.2 Å². The fourth-order valence-electron chi connectivity index (χ4n) is 0.308. The Balaban J connectivity index is 2.69. The number of hydrogen-bond donors (Lipinski definition) is 0. The molecule has 0 aliphatic heterocycles. The van der Waals surface area contributed by atoms with Crippen LogP contribution in [0, 0.1) is 0 Å². The summed E-state index contributed by atoms with van der Waals surface area (Å²) in [5.41, 5.74) is 0. The standard InChI is InChI=1S/C5H10I2O4/c6-1-8-3-10-5-11-4-9-2-7/h1-5H2. The van der Waals surface area contributed by atoms with Crippen molar-refractivity contribution in [3.05, 3.63) is 0 Å². The Hall–Kier alpha value is 1.30. The van der Waals surface area contributed by atoms with E-state index in [0.717, 1.165) is 0 Å². The van der Waals surface area contributed by atoms with E-state index < -0.39 is 0 Å². The molecule has 0 rings (SSSR count). The molecular weight excluding hydrogens is 378 g/mol. The third-order valence-corrected chi connectivity index (χ3v) is 1.54. The van der Waals surface area contributed by atoms with Crippen molar-refractivity contribution >= 4 is 45.2 Å². The average Bonchev–Trinajstić information content (AvgIpc) is 2.03. The van der Waals surface area contributed by atoms with Gasteiger partial charge in [0.1, 0.15) is 9.23 Å². The maximum absolute atomic E-state index is 4.89. The van der Waals surface area contributed by atoms with Gasteiger partial charge >= 0.3 is 0 Å². The minimum absolute atomic E-state index is 0.216. The molecule has 0 aromatic carbocycles. The lowest BCUT2D eigenvalue weighted by Gasteiger charge is -2.04. The second kappa shape index (κ2) is 11.3. The van der Waals surface area contributed by atoms with Crippen molar-refractivity contribution in [2.24, 2.45) is 0 Å². The summed E-state index contributed by atoms with van der Waals surface area (Å²) in [6.07, 6.45) is 0. The van der Waals surface area contributed by atoms with Gasteiger partial charge in [-0.25, -0.2) is 0 Å². The fourth-order valence-corrected chi connectivity index (χ4v) is 0.667. The van der Waals surface area contributed by atoms with E-state index in [1.165, 1.54) is 0 Å². The molecule has 0 fully saturated rings. The van der Waals surface area contributed by atoms with Gasteiger partial charge in [0.15, 0.2) is 20.4 Å². The predicted octanol–water partition coefficient (Wildman–Crippen LogP) is 1.71. The smallest absolute Gasteiger partial charge is 0.152 e. The first-order valence-electron chi connectivity index (χ1n) is 2.84. The van der Waals surface area contributed by atoms with E-state index in [1.807, 2.05) is 0 Å². The molecule has 0 radical (unpaired) electrons. The van der Waals surface area contributed by atoms with E-state index in [9.17, 15) is 0 Å². The van der Waals surface area contributed by atoms with E-state index >= 15 is 0 Å². The molecular formula is C5H10I2O4. The highest BCUT2D eigenvalue weighted by atomic mass is 127. The van der Waals surface area contributed by atoms with Crippen LogP contribution < -0.4 is 0 Å². The molecule has 4 nitrogen and oxygen atoms in total. The van der Waals surface area contributed by atoms with Crippen LogP contribution in [0.4, 0.5) is 0 Å². The largest absolute Gasteiger partial charge is 0.345 e. The number of rotatable bonds is 8. The second-order valence-corrected chi connectivity index (χ2v) is 2.63. The summed E-state index contributed by atoms with van der Waals surface area (Å²) in [5.74, 6) is 0. The summed E-state index contributed by atoms with van der Waals surface area (Å²) < 4.78 is 20.8. The Morgan fingerprint density at radius 1 is 0.636 bits per heavy atom. The molecule has 11 heavy (non-hydrogen) atoms. The van der Waals surface area contributed by atoms with Gasteiger partial charge in [-0.15, -0.1) is 0 Å². The van der Waals surface area contributed by atoms with Gasteiger partial charge in [0, 0.05) is 0 Å². The maximum Gasteiger partial charge on any atom is 0.152 e. The van der Waals surface area contributed by atoms with Gasteiger partial charge in [-0.2, -0.15) is 0 Å². The van der Waals surface area contributed by atoms with Crippen molar-refractivity contribution in [3.63, 3.8) is 0 Å². The highest BCUT2D eigenvalue weighted by Crippen LogP contribution is 1.87. The van der Waals surface area contributed by atoms with Crippen LogP contribution in [-0.2, 0) is 18.9 Å². The molecule has 0 atom stereocenters. The summed E-state index contributed by atoms with van der Waals surface area (Å²) in [6, 6.07) is 0. The zero-order valence-corrected chi connectivity index (χ0v) is 10.2. The highest BCUT2D eigenvalue weighted by molar-refractivity contribution is 14.1. The molecule has 0 amide bonds. The van der Waals surface area contributed by atoms with Crippen LogP contribution in [0.5, 0.6) is 0 Å². The Morgan fingerprint density at radius 3 is 1.36 bits per heavy atom. The molecule has 0 aliphatic carbocycles. The molecule has 0 bridgehead atoms. The van der Waals surface area contributed by atoms with Crippen LogP contribution in [0.15, 0.2) is 0 Å². The van der Waals surface area contributed by atoms with Crippen LogP contribution in [0.3, 0.4) is 0 Å². The minimum atomic E-state index is 0.216. The van der Waals surface area contributed by atoms with Crippen molar-refractivity contribution in [1.82, 2.24) is 0 Å². The molecule has 68 valence electrons. The Bertz CT molecular complexity index is 65.5. The number of alkyl halides is 2. The molecule has 0 saturated heterocycles. The van der Waals surface area contributed by atoms with Crippen LogP contribution in [0.1, 0.15) is 0 Å². The first-order valence-corrected chi connectivity index (χ1v) is 5.90. The lowest BCUT2D eigenvalue weighted by molar-refractivity contribution is -0.159. The fraction of sp³-hybridized carbons (Fsp3) is 1.00. The van der Waals surface area contributed by atoms with Crippen LogP contribution in [-0.4, -0.2) is 29.6 Å². The first-order chi connectivity index (χ1) is 5.41. The SMILES string of the molecule is ICOCOCOCOCI. The van der Waals surface area contributed by atoms with E-state index in [4.69, 9.17) is 18.9 Å². The average molecular weight is 388 g/mol. The van der Waals surface area contributed by atoms with Crippen molar-refractivity contribution in [3.8, 4) is 0 Å². The third-order valence-electron chi connectivity index (χ3n) is 0.654. The van der Waals surface area contributed by atoms with Gasteiger partial charge in [-0.3, -0.25) is 0 Å². The molecule has 0 aliphatic rings. The van der Waals surface area contributed by atoms with Crippen molar-refractivity contribution in [2.45, 2.75) is 0 Å². The topological polar surface area (TPSA) is 36.9 Å². The number of ether oxygens (including phenoxy) is 4. The summed E-state index contributed by atoms with van der Waals surface area (Å²) in [4.78, 5) is 0. The lowest BCUT2D eigenvalue weighted by Crippen LogP contribution is -2.06. The van der Waals surface area contributed by atoms with Gasteiger partial charge in [0.05, 0.1) is 0 Å². The van der Waals surface area contributed by atoms with Gasteiger partial charge in [-0.1, -0.05) is 45.2 Å². The summed E-state index contributed by atoms with van der Waals surface area (Å²) >= 11 is 4.19. The molecule has 0 unspecified atom stereocenters. The number of hydrogen-bond acceptors (Lipinski definition) is 4. The highest BCUT2D eigenvalue weighted by Gasteiger charge is 1.86. The second-order valence-electron chi connectivity index (χ2n) is 1.39. The van der Waals surface area contributed by atoms with Crippen molar-refractivity contribution in [2.75, 3.05) is 29.6 Å². The van der Waals surface area contributed by atoms with E-state index in [-0.39, 0.29) is 20.4 Å². The van der Waals surface area contributed by atoms with E-state index in [0.29, 0.717) is 9.23 Å². The lowest BCUT2D eigenvalue weighted by atomic mass is 11.3. The molecule has 0 aromatic heterocycles. The zero-order valence-electron chi connectivity index (χ0n) is 5.92. The van der Waals surface area contributed by atoms with Crippen LogP contribution in [0.25, 0.3) is 0 Å². The summed E-state index contributed by atoms with van der Waals surface area (Å²) in [6.45, 7) is 0.758. The molecule has 0 saturated carbocycles. The van der Waals surface area contributed by atoms with Gasteiger partial charge < -0.3 is 18.9 Å². The van der Waals surface area contributed by atoms with Crippen molar-refractivity contribution < 1.29 is 18.9 Å². The maximum atomic E-state index is 4.89. The minimum Gasteiger partial charge on any atom is -0.345 e. The monoisotopic (exact) mass is 388 g/mol. The normalized spacial score (nSPS) is 10.4. The zero-order chi connectivity index (χ0) is 8.36. The van der Waals surface area contributed by atoms with Gasteiger partial charge in [0.25, 0.3) is 0 Å². The number of halogens is 2. The van der Waals surface area contributed by atoms with E-state index in [2.05, 4.69) is 45.2 Å². The van der Waals surface area contributed by atoms with Crippen LogP contribution in [0.2, 0.25) is 0 Å². The molecule has 6 heteroatoms. The van der Waals surface area contributed by atoms with Gasteiger partial charge in [-0.05, 0) is 0 Å². The molecule has 0 spiro atoms. The predicted molar refractivity (Wildman–Crippen MR) is 56.7 cm³/mol. The molecule has 0 aromatic rings. The van der Waals surface area contributed by atoms with Crippen LogP contribution >= 0.6 is 45.2 Å². The Kier molecular flexibility index (Phi) is 12.6. The van der Waals surface area contributed by atoms with Gasteiger partial charge in [0.2, 0.25) is 0 Å². The summed E-state index contributed by atoms with van der Waals surface area (Å²) in [5, 5.41) is 0. The Morgan fingerprint density at radius 2 is 1.00 bits per heavy atom. The summed E-state index contributed by atoms with van der Waals surface area (Å²) in [7, 11) is 0. The van der Waals surface area contributed by atoms with E-state index in [1.54, 1.807) is 0 Å². The third kappa shape index (κ3) is 11.3. The van der Waals surface area contributed by atoms with Crippen molar-refractivity contribution in [1.29, 1.82) is 0 Å². The molecule has 0 heterocycles. The quantitative estimate of drug-likeness (QED) is 0.275.